The zero-order chi connectivity index (χ0) is 51.7. The fourth-order valence-electron chi connectivity index (χ4n) is 7.04. The standard InChI is InChI=1S/C7H16N2.C7H15N.C6H13N3O.C6H13NO2S.C6H15N.C5H11NO.C5H11N.C5H10O.C4H11N/c1-3-9-6-4-8(2)5-7-9;1-7-3-5-8(2)6-4-7;1-8-2-4-9(5-3-8)6(7)10;1-6-2-4-7(5-3-6)10(8)9;1-4-5-6-7(2)3;1-6-2-4-7-5-3-6;2*1-5-2-3-6-4-5;1-4-5(2)3/h3-7H2,1-2H3;7H,3-6H2,1-2H3;2-5H2,1H3,(H2,7,10);6H,2-5H2,1H3,(H,8,9);4-6H2,1-3H3;2-5H2,1H3;5-6H,2-4H2,1H3;5H,2-4H2,1H3;4H2,1-3H3/p-1. The van der Waals surface area contributed by atoms with Gasteiger partial charge in [-0.1, -0.05) is 54.9 Å². The molecule has 0 radical (unpaired) electrons. The van der Waals surface area contributed by atoms with Gasteiger partial charge in [0.15, 0.2) is 0 Å². The second-order valence-electron chi connectivity index (χ2n) is 20.7. The molecule has 68 heavy (non-hydrogen) atoms. The van der Waals surface area contributed by atoms with Crippen LogP contribution in [-0.4, -0.2) is 265 Å². The Kier molecular flexibility index (Phi) is 46.5. The van der Waals surface area contributed by atoms with Gasteiger partial charge in [-0.2, -0.15) is 0 Å². The number of ether oxygens (including phenoxy) is 2. The number of hydrogen-bond acceptors (Lipinski definition) is 13. The lowest BCUT2D eigenvalue weighted by molar-refractivity contribution is 0.0503. The van der Waals surface area contributed by atoms with Crippen molar-refractivity contribution in [2.45, 2.75) is 99.8 Å². The number of likely N-dealkylation sites (tertiary alicyclic amines) is 1. The summed E-state index contributed by atoms with van der Waals surface area (Å²) in [4.78, 5) is 28.3. The quantitative estimate of drug-likeness (QED) is 0.347. The number of nitrogens with one attached hydrogen (secondary N) is 1. The maximum atomic E-state index is 10.6. The first-order valence-electron chi connectivity index (χ1n) is 26.7. The molecule has 2 amide bonds. The number of likely N-dealkylation sites (N-methyl/N-ethyl adjacent to an activating group) is 4. The van der Waals surface area contributed by atoms with Crippen LogP contribution in [0.1, 0.15) is 99.8 Å². The Morgan fingerprint density at radius 1 is 0.618 bits per heavy atom. The van der Waals surface area contributed by atoms with Crippen LogP contribution in [0.15, 0.2) is 0 Å². The van der Waals surface area contributed by atoms with E-state index in [4.69, 9.17) is 15.2 Å². The van der Waals surface area contributed by atoms with E-state index in [1.165, 1.54) is 108 Å². The van der Waals surface area contributed by atoms with Gasteiger partial charge in [-0.3, -0.25) is 4.21 Å². The molecule has 7 heterocycles. The topological polar surface area (TPSA) is 143 Å². The molecule has 7 rings (SSSR count). The van der Waals surface area contributed by atoms with E-state index >= 15 is 0 Å². The van der Waals surface area contributed by atoms with Gasteiger partial charge in [-0.25, -0.2) is 9.10 Å². The first kappa shape index (κ1) is 69.0. The molecule has 0 spiro atoms. The van der Waals surface area contributed by atoms with E-state index in [1.807, 2.05) is 7.05 Å². The summed E-state index contributed by atoms with van der Waals surface area (Å²) in [6, 6.07) is -0.298. The highest BCUT2D eigenvalue weighted by molar-refractivity contribution is 7.76. The third-order valence-electron chi connectivity index (χ3n) is 13.1. The Hall–Kier alpha value is -1.06. The lowest BCUT2D eigenvalue weighted by atomic mass is 10.00. The molecule has 0 aromatic heterocycles. The van der Waals surface area contributed by atoms with Crippen LogP contribution in [0.4, 0.5) is 4.79 Å². The van der Waals surface area contributed by atoms with Gasteiger partial charge in [0, 0.05) is 103 Å². The third-order valence-corrected chi connectivity index (χ3v) is 13.9. The minimum absolute atomic E-state index is 0.298. The minimum atomic E-state index is -1.98. The zero-order valence-electron chi connectivity index (χ0n) is 47.3. The summed E-state index contributed by atoms with van der Waals surface area (Å²) in [6.45, 7) is 40.0. The summed E-state index contributed by atoms with van der Waals surface area (Å²) in [5.41, 5.74) is 5.08. The Morgan fingerprint density at radius 2 is 1.09 bits per heavy atom. The SMILES string of the molecule is CC1CCN(C)CC1.CC1CCN(S(=O)[O-])CC1.CC1CCNC1.CC1CCOC1.CCCCN(C)C.CCN(C)C.CCN1CCN(C)CC1.CN1CCN(C(N)=O)CC1.CN1CCOCC1. The molecule has 3 N–H and O–H groups in total. The van der Waals surface area contributed by atoms with Crippen molar-refractivity contribution in [3.8, 4) is 0 Å². The largest absolute Gasteiger partial charge is 0.760 e. The van der Waals surface area contributed by atoms with Gasteiger partial charge in [-0.15, -0.1) is 0 Å². The monoisotopic (exact) mass is 993 g/mol. The highest BCUT2D eigenvalue weighted by atomic mass is 32.2. The van der Waals surface area contributed by atoms with Crippen LogP contribution in [0, 0.1) is 23.7 Å². The summed E-state index contributed by atoms with van der Waals surface area (Å²) < 4.78 is 32.4. The smallest absolute Gasteiger partial charge is 0.314 e. The van der Waals surface area contributed by atoms with Crippen molar-refractivity contribution >= 4 is 17.3 Å². The predicted molar refractivity (Wildman–Crippen MR) is 290 cm³/mol. The van der Waals surface area contributed by atoms with Crippen molar-refractivity contribution < 1.29 is 23.0 Å². The van der Waals surface area contributed by atoms with E-state index in [0.717, 1.165) is 103 Å². The number of piperidine rings is 2. The molecule has 3 atom stereocenters. The summed E-state index contributed by atoms with van der Waals surface area (Å²) in [5.74, 6) is 3.43. The van der Waals surface area contributed by atoms with Crippen LogP contribution in [0.5, 0.6) is 0 Å². The maximum absolute atomic E-state index is 10.6. The molecule has 0 aromatic rings. The summed E-state index contributed by atoms with van der Waals surface area (Å²) >= 11 is -1.98. The van der Waals surface area contributed by atoms with Gasteiger partial charge in [0.2, 0.25) is 0 Å². The molecule has 0 bridgehead atoms. The van der Waals surface area contributed by atoms with Crippen molar-refractivity contribution in [1.29, 1.82) is 0 Å². The van der Waals surface area contributed by atoms with E-state index in [9.17, 15) is 13.6 Å². The first-order valence-corrected chi connectivity index (χ1v) is 27.8. The number of urea groups is 1. The van der Waals surface area contributed by atoms with Crippen LogP contribution >= 0.6 is 0 Å². The average Bonchev–Trinajstić information content (AvgIpc) is 4.02. The molecule has 7 aliphatic rings. The normalized spacial score (nSPS) is 23.8. The maximum Gasteiger partial charge on any atom is 0.314 e. The van der Waals surface area contributed by atoms with E-state index in [1.54, 1.807) is 4.90 Å². The van der Waals surface area contributed by atoms with Crippen molar-refractivity contribution in [1.82, 2.24) is 48.8 Å². The Morgan fingerprint density at radius 3 is 1.35 bits per heavy atom. The molecule has 7 aliphatic heterocycles. The molecular weight excluding hydrogens is 879 g/mol. The number of carbonyl (C=O) groups is 1. The first-order chi connectivity index (χ1) is 32.2. The van der Waals surface area contributed by atoms with Gasteiger partial charge in [0.25, 0.3) is 0 Å². The van der Waals surface area contributed by atoms with E-state index in [2.05, 4.69) is 137 Å². The third kappa shape index (κ3) is 44.8. The molecule has 3 unspecified atom stereocenters. The molecule has 7 saturated heterocycles. The number of nitrogens with two attached hydrogens (primary N) is 1. The van der Waals surface area contributed by atoms with Gasteiger partial charge in [-0.05, 0) is 171 Å². The van der Waals surface area contributed by atoms with E-state index in [-0.39, 0.29) is 6.03 Å². The lowest BCUT2D eigenvalue weighted by Crippen LogP contribution is -2.49. The zero-order valence-corrected chi connectivity index (χ0v) is 48.1. The number of hydrogen-bond donors (Lipinski definition) is 2. The van der Waals surface area contributed by atoms with Gasteiger partial charge in [0.1, 0.15) is 0 Å². The summed E-state index contributed by atoms with van der Waals surface area (Å²) in [5, 5.41) is 3.27. The molecule has 410 valence electrons. The highest BCUT2D eigenvalue weighted by Gasteiger charge is 2.17. The van der Waals surface area contributed by atoms with Crippen LogP contribution in [0.25, 0.3) is 0 Å². The number of carbonyl (C=O) groups excluding carboxylic acids is 1. The number of unbranched alkanes of at least 4 members (excludes halogenated alkanes) is 1. The van der Waals surface area contributed by atoms with Crippen molar-refractivity contribution in [2.75, 3.05) is 207 Å². The van der Waals surface area contributed by atoms with Crippen LogP contribution < -0.4 is 11.1 Å². The molecule has 0 aliphatic carbocycles. The fraction of sp³-hybridized carbons (Fsp3) is 0.980. The molecule has 0 aromatic carbocycles. The predicted octanol–water partition coefficient (Wildman–Crippen LogP) is 4.95. The Bertz CT molecular complexity index is 1050. The number of rotatable bonds is 6. The number of primary amides is 1. The minimum Gasteiger partial charge on any atom is -0.760 e. The number of piperazine rings is 2. The van der Waals surface area contributed by atoms with Crippen LogP contribution in [0.3, 0.4) is 0 Å². The second kappa shape index (κ2) is 45.8. The van der Waals surface area contributed by atoms with E-state index in [0.29, 0.717) is 19.0 Å². The van der Waals surface area contributed by atoms with Gasteiger partial charge in [0.05, 0.1) is 13.2 Å². The fourth-order valence-corrected chi connectivity index (χ4v) is 7.55. The second-order valence-corrected chi connectivity index (χ2v) is 21.7. The Labute approximate surface area is 424 Å². The molecule has 17 heteroatoms. The van der Waals surface area contributed by atoms with Crippen LogP contribution in [0.2, 0.25) is 0 Å². The van der Waals surface area contributed by atoms with E-state index < -0.39 is 11.3 Å². The molecular formula is C51H114N11O5S-. The lowest BCUT2D eigenvalue weighted by Gasteiger charge is -2.31. The molecule has 7 fully saturated rings. The molecule has 16 nitrogen and oxygen atoms in total. The van der Waals surface area contributed by atoms with Gasteiger partial charge >= 0.3 is 6.03 Å². The van der Waals surface area contributed by atoms with Crippen molar-refractivity contribution in [3.63, 3.8) is 0 Å². The summed E-state index contributed by atoms with van der Waals surface area (Å²) in [6.07, 6.45) is 10.1. The number of amides is 2. The Balaban J connectivity index is 0. The van der Waals surface area contributed by atoms with Crippen molar-refractivity contribution in [3.05, 3.63) is 0 Å². The van der Waals surface area contributed by atoms with Crippen molar-refractivity contribution in [2.24, 2.45) is 29.4 Å². The average molecular weight is 994 g/mol. The number of nitrogens with zero attached hydrogens (tertiary/aromatic N) is 9. The number of morpholine rings is 1. The molecule has 0 saturated carbocycles. The van der Waals surface area contributed by atoms with Crippen LogP contribution in [-0.2, 0) is 20.7 Å². The summed E-state index contributed by atoms with van der Waals surface area (Å²) in [7, 11) is 16.9. The highest BCUT2D eigenvalue weighted by Crippen LogP contribution is 2.16. The van der Waals surface area contributed by atoms with Gasteiger partial charge < -0.3 is 64.3 Å².